The van der Waals surface area contributed by atoms with Crippen LogP contribution in [0.3, 0.4) is 0 Å². The summed E-state index contributed by atoms with van der Waals surface area (Å²) in [6, 6.07) is 20.6. The third-order valence-corrected chi connectivity index (χ3v) is 7.54. The van der Waals surface area contributed by atoms with Gasteiger partial charge >= 0.3 is 0 Å². The zero-order valence-electron chi connectivity index (χ0n) is 16.6. The molecule has 2 amide bonds. The molecule has 3 aromatic rings. The topological polar surface area (TPSA) is 40.6 Å². The summed E-state index contributed by atoms with van der Waals surface area (Å²) in [5.74, 6) is -0.788. The second kappa shape index (κ2) is 7.39. The van der Waals surface area contributed by atoms with Crippen LogP contribution in [0.4, 0.5) is 15.8 Å². The van der Waals surface area contributed by atoms with E-state index < -0.39 is 15.9 Å². The summed E-state index contributed by atoms with van der Waals surface area (Å²) in [4.78, 5) is 29.2. The SMILES string of the molecule is CC1SC2(C(=O)N(Cc3ccccc3Cl)c3ccccc32)N(c2ccc(F)cc2)C1=O. The van der Waals surface area contributed by atoms with Crippen molar-refractivity contribution < 1.29 is 14.0 Å². The molecule has 2 atom stereocenters. The maximum absolute atomic E-state index is 14.0. The minimum atomic E-state index is -1.24. The fourth-order valence-electron chi connectivity index (χ4n) is 4.28. The molecule has 1 fully saturated rings. The number of amides is 2. The molecule has 0 saturated carbocycles. The van der Waals surface area contributed by atoms with Gasteiger partial charge in [0.25, 0.3) is 5.91 Å². The van der Waals surface area contributed by atoms with E-state index in [0.29, 0.717) is 10.7 Å². The van der Waals surface area contributed by atoms with Gasteiger partial charge in [0, 0.05) is 16.3 Å². The first-order valence-electron chi connectivity index (χ1n) is 9.86. The third kappa shape index (κ3) is 2.97. The van der Waals surface area contributed by atoms with Crippen LogP contribution in [0.5, 0.6) is 0 Å². The standard InChI is InChI=1S/C24H18ClFN2O2S/c1-15-22(29)28(18-12-10-17(26)11-13-18)24(31-15)19-7-3-5-9-21(19)27(23(24)30)14-16-6-2-4-8-20(16)25/h2-13,15H,14H2,1H3. The van der Waals surface area contributed by atoms with Crippen LogP contribution in [-0.2, 0) is 21.0 Å². The zero-order chi connectivity index (χ0) is 21.8. The van der Waals surface area contributed by atoms with Gasteiger partial charge < -0.3 is 4.90 Å². The number of hydrogen-bond donors (Lipinski definition) is 0. The number of benzene rings is 3. The molecule has 0 N–H and O–H groups in total. The summed E-state index contributed by atoms with van der Waals surface area (Å²) in [6.07, 6.45) is 0. The number of thioether (sulfide) groups is 1. The zero-order valence-corrected chi connectivity index (χ0v) is 18.2. The number of fused-ring (bicyclic) bond motifs is 2. The Morgan fingerprint density at radius 1 is 1.00 bits per heavy atom. The molecule has 4 nitrogen and oxygen atoms in total. The van der Waals surface area contributed by atoms with Crippen molar-refractivity contribution in [2.24, 2.45) is 0 Å². The van der Waals surface area contributed by atoms with Gasteiger partial charge in [-0.25, -0.2) is 4.39 Å². The molecule has 0 aromatic heterocycles. The number of carbonyl (C=O) groups is 2. The van der Waals surface area contributed by atoms with Gasteiger partial charge in [-0.2, -0.15) is 0 Å². The number of rotatable bonds is 3. The number of carbonyl (C=O) groups excluding carboxylic acids is 2. The average molecular weight is 453 g/mol. The molecule has 5 rings (SSSR count). The summed E-state index contributed by atoms with van der Waals surface area (Å²) in [5, 5.41) is 0.148. The van der Waals surface area contributed by atoms with Crippen molar-refractivity contribution >= 4 is 46.6 Å². The lowest BCUT2D eigenvalue weighted by molar-refractivity contribution is -0.124. The van der Waals surface area contributed by atoms with Crippen LogP contribution in [-0.4, -0.2) is 17.1 Å². The lowest BCUT2D eigenvalue weighted by atomic mass is 10.0. The van der Waals surface area contributed by atoms with Gasteiger partial charge in [0.05, 0.1) is 17.5 Å². The van der Waals surface area contributed by atoms with Gasteiger partial charge in [-0.15, -0.1) is 11.8 Å². The van der Waals surface area contributed by atoms with Crippen molar-refractivity contribution in [3.05, 3.63) is 94.8 Å². The van der Waals surface area contributed by atoms with Crippen molar-refractivity contribution in [3.63, 3.8) is 0 Å². The molecule has 2 unspecified atom stereocenters. The van der Waals surface area contributed by atoms with Gasteiger partial charge in [0.15, 0.2) is 0 Å². The van der Waals surface area contributed by atoms with Crippen LogP contribution in [0, 0.1) is 5.82 Å². The Kier molecular flexibility index (Phi) is 4.79. The Bertz CT molecular complexity index is 1200. The summed E-state index contributed by atoms with van der Waals surface area (Å²) in [7, 11) is 0. The number of para-hydroxylation sites is 1. The summed E-state index contributed by atoms with van der Waals surface area (Å²) >= 11 is 7.69. The lowest BCUT2D eigenvalue weighted by Gasteiger charge is -2.33. The molecule has 156 valence electrons. The molecule has 2 heterocycles. The van der Waals surface area contributed by atoms with Crippen LogP contribution >= 0.6 is 23.4 Å². The van der Waals surface area contributed by atoms with E-state index in [0.717, 1.165) is 16.8 Å². The minimum absolute atomic E-state index is 0.181. The normalized spacial score (nSPS) is 22.5. The third-order valence-electron chi connectivity index (χ3n) is 5.70. The molecule has 3 aromatic carbocycles. The smallest absolute Gasteiger partial charge is 0.269 e. The van der Waals surface area contributed by atoms with E-state index in [9.17, 15) is 14.0 Å². The molecular weight excluding hydrogens is 435 g/mol. The molecule has 31 heavy (non-hydrogen) atoms. The highest BCUT2D eigenvalue weighted by Crippen LogP contribution is 2.58. The van der Waals surface area contributed by atoms with Crippen LogP contribution in [0.15, 0.2) is 72.8 Å². The highest BCUT2D eigenvalue weighted by Gasteiger charge is 2.63. The predicted molar refractivity (Wildman–Crippen MR) is 122 cm³/mol. The molecule has 1 spiro atoms. The van der Waals surface area contributed by atoms with Gasteiger partial charge in [-0.1, -0.05) is 48.0 Å². The van der Waals surface area contributed by atoms with Crippen molar-refractivity contribution in [2.75, 3.05) is 9.80 Å². The van der Waals surface area contributed by atoms with Crippen molar-refractivity contribution in [3.8, 4) is 0 Å². The van der Waals surface area contributed by atoms with Gasteiger partial charge in [-0.3, -0.25) is 14.5 Å². The minimum Gasteiger partial charge on any atom is -0.304 e. The molecular formula is C24H18ClFN2O2S. The first-order valence-corrected chi connectivity index (χ1v) is 11.1. The molecule has 7 heteroatoms. The van der Waals surface area contributed by atoms with Crippen molar-refractivity contribution in [2.45, 2.75) is 23.6 Å². The number of nitrogens with zero attached hydrogens (tertiary/aromatic N) is 2. The van der Waals surface area contributed by atoms with E-state index in [-0.39, 0.29) is 18.4 Å². The molecule has 0 aliphatic carbocycles. The van der Waals surface area contributed by atoms with E-state index in [1.807, 2.05) is 42.5 Å². The Balaban J connectivity index is 1.67. The highest BCUT2D eigenvalue weighted by atomic mass is 35.5. The maximum atomic E-state index is 14.0. The molecule has 0 bridgehead atoms. The second-order valence-electron chi connectivity index (χ2n) is 7.55. The van der Waals surface area contributed by atoms with Crippen LogP contribution in [0.25, 0.3) is 0 Å². The summed E-state index contributed by atoms with van der Waals surface area (Å²) in [5.41, 5.74) is 2.80. The van der Waals surface area contributed by atoms with E-state index in [1.54, 1.807) is 30.0 Å². The Morgan fingerprint density at radius 2 is 1.68 bits per heavy atom. The number of hydrogen-bond acceptors (Lipinski definition) is 3. The van der Waals surface area contributed by atoms with Crippen LogP contribution in [0.1, 0.15) is 18.1 Å². The maximum Gasteiger partial charge on any atom is 0.269 e. The number of anilines is 2. The van der Waals surface area contributed by atoms with Gasteiger partial charge in [0.1, 0.15) is 5.82 Å². The highest BCUT2D eigenvalue weighted by molar-refractivity contribution is 8.03. The Morgan fingerprint density at radius 3 is 2.42 bits per heavy atom. The monoisotopic (exact) mass is 452 g/mol. The van der Waals surface area contributed by atoms with E-state index in [2.05, 4.69) is 0 Å². The first-order chi connectivity index (χ1) is 14.9. The Hall–Kier alpha value is -2.83. The van der Waals surface area contributed by atoms with E-state index >= 15 is 0 Å². The average Bonchev–Trinajstić information content (AvgIpc) is 3.17. The van der Waals surface area contributed by atoms with Crippen molar-refractivity contribution in [1.29, 1.82) is 0 Å². The lowest BCUT2D eigenvalue weighted by Crippen LogP contribution is -2.49. The fourth-order valence-corrected chi connectivity index (χ4v) is 6.01. The molecule has 2 aliphatic rings. The van der Waals surface area contributed by atoms with Crippen molar-refractivity contribution in [1.82, 2.24) is 0 Å². The largest absolute Gasteiger partial charge is 0.304 e. The Labute approximate surface area is 188 Å². The quantitative estimate of drug-likeness (QED) is 0.538. The van der Waals surface area contributed by atoms with E-state index in [1.165, 1.54) is 28.8 Å². The van der Waals surface area contributed by atoms with Gasteiger partial charge in [0.2, 0.25) is 10.8 Å². The van der Waals surface area contributed by atoms with E-state index in [4.69, 9.17) is 11.6 Å². The fraction of sp³-hybridized carbons (Fsp3) is 0.167. The summed E-state index contributed by atoms with van der Waals surface area (Å²) in [6.45, 7) is 2.09. The van der Waals surface area contributed by atoms with Crippen LogP contribution in [0.2, 0.25) is 5.02 Å². The molecule has 0 radical (unpaired) electrons. The first kappa shape index (κ1) is 20.1. The second-order valence-corrected chi connectivity index (χ2v) is 9.49. The molecule has 1 saturated heterocycles. The summed E-state index contributed by atoms with van der Waals surface area (Å²) < 4.78 is 13.6. The van der Waals surface area contributed by atoms with Gasteiger partial charge in [-0.05, 0) is 48.9 Å². The predicted octanol–water partition coefficient (Wildman–Crippen LogP) is 5.35. The van der Waals surface area contributed by atoms with Crippen LogP contribution < -0.4 is 9.80 Å². The number of halogens is 2. The molecule has 2 aliphatic heterocycles.